The molecule has 0 aliphatic carbocycles. The van der Waals surface area contributed by atoms with Gasteiger partial charge < -0.3 is 0 Å². The number of ether oxygens (including phenoxy) is 1. The molecule has 16 heavy (non-hydrogen) atoms. The van der Waals surface area contributed by atoms with Crippen molar-refractivity contribution in [3.63, 3.8) is 0 Å². The first-order valence-electron chi connectivity index (χ1n) is 4.45. The predicted molar refractivity (Wildman–Crippen MR) is 58.1 cm³/mol. The average Bonchev–Trinajstić information content (AvgIpc) is 2.28. The third-order valence-electron chi connectivity index (χ3n) is 1.78. The van der Waals surface area contributed by atoms with Crippen LogP contribution >= 0.6 is 0 Å². The van der Waals surface area contributed by atoms with E-state index < -0.39 is 24.6 Å². The summed E-state index contributed by atoms with van der Waals surface area (Å²) in [5.41, 5.74) is 0.222. The van der Waals surface area contributed by atoms with Crippen LogP contribution in [0.2, 0.25) is 0 Å². The molecule has 0 saturated heterocycles. The van der Waals surface area contributed by atoms with E-state index in [9.17, 15) is 9.59 Å². The number of carbonyl (C=O) groups excluding carboxylic acids is 2. The second kappa shape index (κ2) is 5.80. The molecule has 0 spiro atoms. The molecule has 0 aliphatic rings. The van der Waals surface area contributed by atoms with Crippen molar-refractivity contribution >= 4 is 33.1 Å². The van der Waals surface area contributed by atoms with E-state index in [1.165, 1.54) is 29.0 Å². The number of benzene rings is 1. The summed E-state index contributed by atoms with van der Waals surface area (Å²) in [4.78, 5) is 22.3. The second-order valence-electron chi connectivity index (χ2n) is 3.03. The van der Waals surface area contributed by atoms with Crippen molar-refractivity contribution in [1.29, 1.82) is 0 Å². The Morgan fingerprint density at radius 2 is 1.88 bits per heavy atom. The Hall–Kier alpha value is -1.16. The van der Waals surface area contributed by atoms with Gasteiger partial charge >= 0.3 is 100 Å². The summed E-state index contributed by atoms with van der Waals surface area (Å²) in [6, 6.07) is 6.50. The molecule has 2 unspecified atom stereocenters. The van der Waals surface area contributed by atoms with E-state index in [2.05, 4.69) is 4.74 Å². The van der Waals surface area contributed by atoms with Crippen LogP contribution in [-0.2, 0) is 9.53 Å². The maximum atomic E-state index is 11.4. The van der Waals surface area contributed by atoms with Crippen molar-refractivity contribution in [3.8, 4) is 0 Å². The van der Waals surface area contributed by atoms with E-state index in [1.54, 1.807) is 12.1 Å². The van der Waals surface area contributed by atoms with Gasteiger partial charge in [0.25, 0.3) is 0 Å². The molecule has 1 aromatic rings. The fraction of sp³-hybridized carbons (Fsp3) is 0.200. The molecule has 86 valence electrons. The zero-order valence-corrected chi connectivity index (χ0v) is 10.7. The van der Waals surface area contributed by atoms with Gasteiger partial charge in [-0.25, -0.2) is 0 Å². The number of rotatable bonds is 3. The van der Waals surface area contributed by atoms with Crippen molar-refractivity contribution in [1.82, 2.24) is 0 Å². The third kappa shape index (κ3) is 3.45. The minimum atomic E-state index is -1.68. The fourth-order valence-electron chi connectivity index (χ4n) is 0.912. The Morgan fingerprint density at radius 3 is 2.38 bits per heavy atom. The molecule has 0 radical (unpaired) electrons. The summed E-state index contributed by atoms with van der Waals surface area (Å²) in [7, 11) is 0. The van der Waals surface area contributed by atoms with E-state index in [-0.39, 0.29) is 5.56 Å². The van der Waals surface area contributed by atoms with E-state index in [1.807, 2.05) is 0 Å². The fourth-order valence-corrected chi connectivity index (χ4v) is 1.32. The average molecular weight is 286 g/mol. The van der Waals surface area contributed by atoms with Crippen LogP contribution in [0.1, 0.15) is 10.4 Å². The van der Waals surface area contributed by atoms with Crippen LogP contribution in [0.5, 0.6) is 0 Å². The standard InChI is InChI=1S/C10H11AsO5/c11-7-3-1-6(2-4-7)9(14)16-10(15)8(13)5-12/h1-4,8,12-13H,5,11H2. The van der Waals surface area contributed by atoms with Crippen LogP contribution < -0.4 is 4.35 Å². The predicted octanol–water partition coefficient (Wildman–Crippen LogP) is -2.02. The van der Waals surface area contributed by atoms with Gasteiger partial charge in [0.05, 0.1) is 0 Å². The molecule has 6 heteroatoms. The number of esters is 2. The topological polar surface area (TPSA) is 83.8 Å². The summed E-state index contributed by atoms with van der Waals surface area (Å²) in [5, 5.41) is 17.4. The van der Waals surface area contributed by atoms with E-state index >= 15 is 0 Å². The van der Waals surface area contributed by atoms with Crippen molar-refractivity contribution < 1.29 is 24.5 Å². The van der Waals surface area contributed by atoms with Gasteiger partial charge in [-0.1, -0.05) is 0 Å². The Kier molecular flexibility index (Phi) is 4.67. The van der Waals surface area contributed by atoms with Crippen molar-refractivity contribution in [3.05, 3.63) is 29.8 Å². The molecular formula is C10H11AsO5. The molecule has 0 heterocycles. The summed E-state index contributed by atoms with van der Waals surface area (Å²) >= 11 is 1.41. The van der Waals surface area contributed by atoms with Crippen LogP contribution in [0.15, 0.2) is 24.3 Å². The summed E-state index contributed by atoms with van der Waals surface area (Å²) in [6.45, 7) is -0.775. The van der Waals surface area contributed by atoms with Crippen molar-refractivity contribution in [2.45, 2.75) is 6.10 Å². The molecule has 0 aliphatic heterocycles. The Labute approximate surface area is 101 Å². The SMILES string of the molecule is O=C(OC(=O)C(O)CO)c1ccc([AsH2])cc1. The van der Waals surface area contributed by atoms with Gasteiger partial charge in [-0.3, -0.25) is 0 Å². The van der Waals surface area contributed by atoms with Gasteiger partial charge in [-0.05, 0) is 0 Å². The maximum absolute atomic E-state index is 11.4. The number of aliphatic hydroxyl groups excluding tert-OH is 2. The molecule has 0 amide bonds. The third-order valence-corrected chi connectivity index (χ3v) is 2.59. The Morgan fingerprint density at radius 1 is 1.31 bits per heavy atom. The van der Waals surface area contributed by atoms with E-state index in [4.69, 9.17) is 10.2 Å². The zero-order valence-electron chi connectivity index (χ0n) is 8.29. The van der Waals surface area contributed by atoms with E-state index in [0.29, 0.717) is 0 Å². The van der Waals surface area contributed by atoms with Gasteiger partial charge in [0.2, 0.25) is 0 Å². The zero-order chi connectivity index (χ0) is 12.1. The first-order chi connectivity index (χ1) is 7.54. The Balaban J connectivity index is 2.66. The van der Waals surface area contributed by atoms with Gasteiger partial charge in [0.1, 0.15) is 0 Å². The molecule has 0 fully saturated rings. The van der Waals surface area contributed by atoms with Crippen LogP contribution in [0.4, 0.5) is 0 Å². The quantitative estimate of drug-likeness (QED) is 0.381. The number of hydrogen-bond donors (Lipinski definition) is 2. The molecule has 0 saturated carbocycles. The van der Waals surface area contributed by atoms with Gasteiger partial charge in [0.15, 0.2) is 0 Å². The molecule has 5 nitrogen and oxygen atoms in total. The molecule has 0 bridgehead atoms. The number of aliphatic hydroxyl groups is 2. The monoisotopic (exact) mass is 286 g/mol. The van der Waals surface area contributed by atoms with Crippen LogP contribution in [-0.4, -0.2) is 51.7 Å². The summed E-state index contributed by atoms with van der Waals surface area (Å²) < 4.78 is 5.38. The molecule has 1 aromatic carbocycles. The minimum absolute atomic E-state index is 0.222. The van der Waals surface area contributed by atoms with Crippen LogP contribution in [0.25, 0.3) is 0 Å². The Bertz CT molecular complexity index is 387. The summed E-state index contributed by atoms with van der Waals surface area (Å²) in [5.74, 6) is -2.00. The first kappa shape index (κ1) is 12.9. The van der Waals surface area contributed by atoms with E-state index in [0.717, 1.165) is 4.35 Å². The molecule has 0 aromatic heterocycles. The van der Waals surface area contributed by atoms with Crippen LogP contribution in [0.3, 0.4) is 0 Å². The van der Waals surface area contributed by atoms with Gasteiger partial charge in [-0.2, -0.15) is 0 Å². The number of carbonyl (C=O) groups is 2. The molecule has 2 N–H and O–H groups in total. The van der Waals surface area contributed by atoms with Crippen LogP contribution in [0, 0.1) is 0 Å². The van der Waals surface area contributed by atoms with Gasteiger partial charge in [-0.15, -0.1) is 0 Å². The normalized spacial score (nSPS) is 11.9. The molecule has 1 rings (SSSR count). The number of hydrogen-bond acceptors (Lipinski definition) is 5. The molecule has 2 atom stereocenters. The first-order valence-corrected chi connectivity index (χ1v) is 5.66. The van der Waals surface area contributed by atoms with Crippen molar-refractivity contribution in [2.24, 2.45) is 0 Å². The van der Waals surface area contributed by atoms with Crippen molar-refractivity contribution in [2.75, 3.05) is 6.61 Å². The molecular weight excluding hydrogens is 275 g/mol. The second-order valence-corrected chi connectivity index (χ2v) is 4.43. The summed E-state index contributed by atoms with van der Waals surface area (Å²) in [6.07, 6.45) is -1.68. The van der Waals surface area contributed by atoms with Gasteiger partial charge in [0, 0.05) is 0 Å².